The lowest BCUT2D eigenvalue weighted by Crippen LogP contribution is -2.15. The van der Waals surface area contributed by atoms with E-state index in [1.165, 1.54) is 18.6 Å². The van der Waals surface area contributed by atoms with Crippen molar-refractivity contribution >= 4 is 27.3 Å². The van der Waals surface area contributed by atoms with Gasteiger partial charge in [0.1, 0.15) is 5.69 Å². The molecule has 8 nitrogen and oxygen atoms in total. The van der Waals surface area contributed by atoms with Gasteiger partial charge in [0.15, 0.2) is 22.3 Å². The Morgan fingerprint density at radius 3 is 2.23 bits per heavy atom. The van der Waals surface area contributed by atoms with Crippen molar-refractivity contribution in [2.24, 2.45) is 0 Å². The molecule has 0 unspecified atom stereocenters. The van der Waals surface area contributed by atoms with Crippen LogP contribution in [0.25, 0.3) is 0 Å². The maximum Gasteiger partial charge on any atom is 0.268 e. The van der Waals surface area contributed by atoms with E-state index in [0.29, 0.717) is 5.82 Å². The van der Waals surface area contributed by atoms with Crippen LogP contribution in [0.5, 0.6) is 0 Å². The van der Waals surface area contributed by atoms with Gasteiger partial charge in [0, 0.05) is 5.69 Å². The summed E-state index contributed by atoms with van der Waals surface area (Å²) in [5.74, 6) is 0.838. The molecule has 0 aliphatic heterocycles. The smallest absolute Gasteiger partial charge is 0.268 e. The number of anilines is 3. The second-order valence-corrected chi connectivity index (χ2v) is 7.63. The third kappa shape index (κ3) is 3.67. The average molecular weight is 373 g/mol. The highest BCUT2D eigenvalue weighted by atomic mass is 32.2. The van der Waals surface area contributed by atoms with E-state index in [0.717, 1.165) is 11.3 Å². The Labute approximate surface area is 151 Å². The summed E-state index contributed by atoms with van der Waals surface area (Å²) in [6.45, 7) is 7.12. The van der Waals surface area contributed by atoms with Crippen LogP contribution in [0.2, 0.25) is 0 Å². The van der Waals surface area contributed by atoms with Gasteiger partial charge in [0.05, 0.1) is 0 Å². The van der Waals surface area contributed by atoms with Crippen molar-refractivity contribution in [3.8, 4) is 0 Å². The van der Waals surface area contributed by atoms with Crippen molar-refractivity contribution in [1.29, 1.82) is 0 Å². The Hall–Kier alpha value is -2.94. The Morgan fingerprint density at radius 1 is 0.962 bits per heavy atom. The molecule has 3 rings (SSSR count). The van der Waals surface area contributed by atoms with Crippen LogP contribution in [-0.4, -0.2) is 23.8 Å². The molecule has 0 aliphatic carbocycles. The van der Waals surface area contributed by atoms with Crippen LogP contribution in [0.4, 0.5) is 17.3 Å². The average Bonchev–Trinajstić information content (AvgIpc) is 2.91. The molecule has 0 amide bonds. The standard InChI is InChI=1S/C17H19N5O3S/c1-10-5-6-14(11(2)9-10)18-15-7-8-16(20-19-15)22-26(23,24)17-12(3)21-25-13(17)4/h5-9H,1-4H3,(H,18,19)(H,20,22). The second kappa shape index (κ2) is 6.75. The zero-order valence-electron chi connectivity index (χ0n) is 14.9. The fourth-order valence-corrected chi connectivity index (χ4v) is 3.92. The van der Waals surface area contributed by atoms with Crippen LogP contribution in [0, 0.1) is 27.7 Å². The molecule has 3 aromatic rings. The minimum absolute atomic E-state index is 0.0109. The first kappa shape index (κ1) is 17.9. The molecule has 0 saturated heterocycles. The lowest BCUT2D eigenvalue weighted by atomic mass is 10.1. The van der Waals surface area contributed by atoms with Gasteiger partial charge in [0.25, 0.3) is 10.0 Å². The fourth-order valence-electron chi connectivity index (χ4n) is 2.59. The predicted octanol–water partition coefficient (Wildman–Crippen LogP) is 3.24. The summed E-state index contributed by atoms with van der Waals surface area (Å²) >= 11 is 0. The fraction of sp³-hybridized carbons (Fsp3) is 0.235. The third-order valence-corrected chi connectivity index (χ3v) is 5.38. The monoisotopic (exact) mass is 373 g/mol. The quantitative estimate of drug-likeness (QED) is 0.706. The van der Waals surface area contributed by atoms with Gasteiger partial charge in [0.2, 0.25) is 0 Å². The molecule has 26 heavy (non-hydrogen) atoms. The largest absolute Gasteiger partial charge is 0.360 e. The van der Waals surface area contributed by atoms with Crippen molar-refractivity contribution in [3.63, 3.8) is 0 Å². The summed E-state index contributed by atoms with van der Waals surface area (Å²) < 4.78 is 32.2. The molecule has 0 saturated carbocycles. The predicted molar refractivity (Wildman–Crippen MR) is 98.0 cm³/mol. The van der Waals surface area contributed by atoms with E-state index in [9.17, 15) is 8.42 Å². The Kier molecular flexibility index (Phi) is 4.64. The first-order valence-corrected chi connectivity index (χ1v) is 9.38. The molecular weight excluding hydrogens is 354 g/mol. The highest BCUT2D eigenvalue weighted by Crippen LogP contribution is 2.23. The van der Waals surface area contributed by atoms with E-state index in [-0.39, 0.29) is 22.2 Å². The van der Waals surface area contributed by atoms with E-state index >= 15 is 0 Å². The van der Waals surface area contributed by atoms with Crippen molar-refractivity contribution in [1.82, 2.24) is 15.4 Å². The molecule has 2 aromatic heterocycles. The summed E-state index contributed by atoms with van der Waals surface area (Å²) in [5.41, 5.74) is 3.45. The van der Waals surface area contributed by atoms with Crippen LogP contribution >= 0.6 is 0 Å². The Balaban J connectivity index is 1.77. The SMILES string of the molecule is Cc1ccc(Nc2ccc(NS(=O)(=O)c3c(C)noc3C)nn2)c(C)c1. The number of nitrogens with zero attached hydrogens (tertiary/aromatic N) is 3. The molecule has 0 atom stereocenters. The van der Waals surface area contributed by atoms with Crippen molar-refractivity contribution < 1.29 is 12.9 Å². The van der Waals surface area contributed by atoms with Gasteiger partial charge in [-0.2, -0.15) is 0 Å². The number of aromatic nitrogens is 3. The zero-order valence-corrected chi connectivity index (χ0v) is 15.7. The highest BCUT2D eigenvalue weighted by Gasteiger charge is 2.24. The number of benzene rings is 1. The van der Waals surface area contributed by atoms with Crippen molar-refractivity contribution in [3.05, 3.63) is 52.9 Å². The zero-order chi connectivity index (χ0) is 18.9. The highest BCUT2D eigenvalue weighted by molar-refractivity contribution is 7.92. The molecule has 0 aliphatic rings. The third-order valence-electron chi connectivity index (χ3n) is 3.78. The summed E-state index contributed by atoms with van der Waals surface area (Å²) in [6.07, 6.45) is 0. The number of hydrogen-bond donors (Lipinski definition) is 2. The van der Waals surface area contributed by atoms with Crippen molar-refractivity contribution in [2.75, 3.05) is 10.0 Å². The van der Waals surface area contributed by atoms with Gasteiger partial charge < -0.3 is 9.84 Å². The molecule has 1 aromatic carbocycles. The maximum atomic E-state index is 12.5. The second-order valence-electron chi connectivity index (χ2n) is 6.01. The minimum Gasteiger partial charge on any atom is -0.360 e. The summed E-state index contributed by atoms with van der Waals surface area (Å²) in [7, 11) is -3.84. The summed E-state index contributed by atoms with van der Waals surface area (Å²) in [6, 6.07) is 9.20. The van der Waals surface area contributed by atoms with Crippen LogP contribution in [0.1, 0.15) is 22.6 Å². The van der Waals surface area contributed by atoms with E-state index in [1.807, 2.05) is 26.0 Å². The van der Waals surface area contributed by atoms with Gasteiger partial charge in [-0.05, 0) is 51.5 Å². The summed E-state index contributed by atoms with van der Waals surface area (Å²) in [5, 5.41) is 14.8. The molecule has 2 N–H and O–H groups in total. The van der Waals surface area contributed by atoms with Crippen LogP contribution in [0.3, 0.4) is 0 Å². The molecule has 9 heteroatoms. The van der Waals surface area contributed by atoms with E-state index < -0.39 is 10.0 Å². The van der Waals surface area contributed by atoms with E-state index in [4.69, 9.17) is 4.52 Å². The van der Waals surface area contributed by atoms with Crippen LogP contribution in [-0.2, 0) is 10.0 Å². The maximum absolute atomic E-state index is 12.5. The number of aryl methyl sites for hydroxylation is 4. The summed E-state index contributed by atoms with van der Waals surface area (Å²) in [4.78, 5) is 0.0109. The number of hydrogen-bond acceptors (Lipinski definition) is 7. The Bertz CT molecular complexity index is 1020. The van der Waals surface area contributed by atoms with E-state index in [2.05, 4.69) is 31.5 Å². The minimum atomic E-state index is -3.84. The number of nitrogens with one attached hydrogen (secondary N) is 2. The van der Waals surface area contributed by atoms with Gasteiger partial charge in [-0.25, -0.2) is 8.42 Å². The van der Waals surface area contributed by atoms with E-state index in [1.54, 1.807) is 13.0 Å². The molecule has 0 fully saturated rings. The van der Waals surface area contributed by atoms with Gasteiger partial charge >= 0.3 is 0 Å². The van der Waals surface area contributed by atoms with Crippen LogP contribution < -0.4 is 10.0 Å². The molecule has 2 heterocycles. The lowest BCUT2D eigenvalue weighted by Gasteiger charge is -2.10. The molecule has 0 radical (unpaired) electrons. The molecular formula is C17H19N5O3S. The normalized spacial score (nSPS) is 11.4. The van der Waals surface area contributed by atoms with Gasteiger partial charge in [-0.3, -0.25) is 4.72 Å². The molecule has 0 bridgehead atoms. The number of rotatable bonds is 5. The number of sulfonamides is 1. The first-order chi connectivity index (χ1) is 12.3. The lowest BCUT2D eigenvalue weighted by molar-refractivity contribution is 0.390. The topological polar surface area (TPSA) is 110 Å². The van der Waals surface area contributed by atoms with Crippen molar-refractivity contribution in [2.45, 2.75) is 32.6 Å². The molecule has 0 spiro atoms. The van der Waals surface area contributed by atoms with Crippen LogP contribution in [0.15, 0.2) is 39.8 Å². The van der Waals surface area contributed by atoms with Gasteiger partial charge in [-0.1, -0.05) is 22.9 Å². The first-order valence-electron chi connectivity index (χ1n) is 7.90. The molecule has 136 valence electrons. The van der Waals surface area contributed by atoms with Gasteiger partial charge in [-0.15, -0.1) is 10.2 Å². The Morgan fingerprint density at radius 2 is 1.65 bits per heavy atom.